The van der Waals surface area contributed by atoms with Gasteiger partial charge in [0.25, 0.3) is 5.56 Å². The molecule has 0 aliphatic carbocycles. The van der Waals surface area contributed by atoms with Gasteiger partial charge in [-0.15, -0.1) is 10.2 Å². The van der Waals surface area contributed by atoms with E-state index in [1.54, 1.807) is 16.7 Å². The summed E-state index contributed by atoms with van der Waals surface area (Å²) in [7, 11) is 0. The number of aromatic nitrogens is 4. The first kappa shape index (κ1) is 17.1. The standard InChI is InChI=1S/C21H12FIN4O/c22-14-8-6-13(7-9-14)19-24-25-21-26(16-4-2-1-3-5-16)20(28)17-12-15(23)10-11-18(17)27(19)21/h1-12H. The third-order valence-corrected chi connectivity index (χ3v) is 5.27. The molecule has 5 nitrogen and oxygen atoms in total. The van der Waals surface area contributed by atoms with Gasteiger partial charge in [0, 0.05) is 9.13 Å². The second kappa shape index (κ2) is 6.52. The van der Waals surface area contributed by atoms with E-state index >= 15 is 0 Å². The molecule has 0 atom stereocenters. The lowest BCUT2D eigenvalue weighted by atomic mass is 10.2. The van der Waals surface area contributed by atoms with Crippen molar-refractivity contribution in [3.05, 3.63) is 92.5 Å². The zero-order valence-corrected chi connectivity index (χ0v) is 16.5. The molecule has 5 rings (SSSR count). The molecule has 0 fully saturated rings. The Labute approximate surface area is 172 Å². The fourth-order valence-corrected chi connectivity index (χ4v) is 3.82. The normalized spacial score (nSPS) is 11.4. The lowest BCUT2D eigenvalue weighted by molar-refractivity contribution is 0.628. The number of benzene rings is 3. The lowest BCUT2D eigenvalue weighted by Crippen LogP contribution is -2.22. The molecule has 0 spiro atoms. The molecule has 0 unspecified atom stereocenters. The Hall–Kier alpha value is -3.07. The fraction of sp³-hybridized carbons (Fsp3) is 0. The van der Waals surface area contributed by atoms with Crippen molar-refractivity contribution in [1.82, 2.24) is 19.2 Å². The van der Waals surface area contributed by atoms with E-state index in [1.807, 2.05) is 52.9 Å². The molecule has 0 amide bonds. The summed E-state index contributed by atoms with van der Waals surface area (Å²) >= 11 is 2.19. The molecule has 7 heteroatoms. The van der Waals surface area contributed by atoms with Crippen LogP contribution in [0.5, 0.6) is 0 Å². The van der Waals surface area contributed by atoms with Gasteiger partial charge in [0.2, 0.25) is 5.78 Å². The topological polar surface area (TPSA) is 52.2 Å². The van der Waals surface area contributed by atoms with E-state index < -0.39 is 0 Å². The summed E-state index contributed by atoms with van der Waals surface area (Å²) in [6.07, 6.45) is 0. The summed E-state index contributed by atoms with van der Waals surface area (Å²) in [6.45, 7) is 0. The van der Waals surface area contributed by atoms with Gasteiger partial charge in [0.1, 0.15) is 5.82 Å². The summed E-state index contributed by atoms with van der Waals surface area (Å²) in [5.74, 6) is 0.633. The van der Waals surface area contributed by atoms with Crippen LogP contribution in [0.1, 0.15) is 0 Å². The summed E-state index contributed by atoms with van der Waals surface area (Å²) < 4.78 is 17.7. The number of hydrogen-bond acceptors (Lipinski definition) is 3. The Morgan fingerprint density at radius 3 is 2.39 bits per heavy atom. The van der Waals surface area contributed by atoms with Crippen LogP contribution in [-0.4, -0.2) is 19.2 Å². The number of para-hydroxylation sites is 1. The highest BCUT2D eigenvalue weighted by molar-refractivity contribution is 14.1. The first-order valence-corrected chi connectivity index (χ1v) is 9.62. The van der Waals surface area contributed by atoms with Crippen molar-refractivity contribution in [2.45, 2.75) is 0 Å². The van der Waals surface area contributed by atoms with Crippen molar-refractivity contribution in [2.75, 3.05) is 0 Å². The molecular formula is C21H12FIN4O. The van der Waals surface area contributed by atoms with E-state index in [1.165, 1.54) is 12.1 Å². The zero-order valence-electron chi connectivity index (χ0n) is 14.4. The number of hydrogen-bond donors (Lipinski definition) is 0. The molecule has 0 bridgehead atoms. The molecule has 2 heterocycles. The van der Waals surface area contributed by atoms with Crippen molar-refractivity contribution < 1.29 is 4.39 Å². The Bertz CT molecular complexity index is 1390. The first-order valence-electron chi connectivity index (χ1n) is 8.54. The van der Waals surface area contributed by atoms with Crippen LogP contribution in [0.4, 0.5) is 4.39 Å². The van der Waals surface area contributed by atoms with Crippen molar-refractivity contribution in [3.63, 3.8) is 0 Å². The monoisotopic (exact) mass is 482 g/mol. The SMILES string of the molecule is O=c1c2cc(I)ccc2n2c(-c3ccc(F)cc3)nnc2n1-c1ccccc1. The Morgan fingerprint density at radius 1 is 0.893 bits per heavy atom. The van der Waals surface area contributed by atoms with E-state index in [2.05, 4.69) is 32.8 Å². The first-order chi connectivity index (χ1) is 13.6. The van der Waals surface area contributed by atoms with Crippen LogP contribution >= 0.6 is 22.6 Å². The van der Waals surface area contributed by atoms with Crippen molar-refractivity contribution >= 4 is 39.3 Å². The van der Waals surface area contributed by atoms with E-state index in [4.69, 9.17) is 0 Å². The number of nitrogens with zero attached hydrogens (tertiary/aromatic N) is 4. The minimum atomic E-state index is -0.321. The maximum absolute atomic E-state index is 13.4. The predicted molar refractivity (Wildman–Crippen MR) is 114 cm³/mol. The van der Waals surface area contributed by atoms with E-state index in [9.17, 15) is 9.18 Å². The molecule has 0 aliphatic rings. The van der Waals surface area contributed by atoms with Gasteiger partial charge in [0.15, 0.2) is 5.82 Å². The van der Waals surface area contributed by atoms with E-state index in [0.29, 0.717) is 33.8 Å². The van der Waals surface area contributed by atoms with Crippen LogP contribution in [0.3, 0.4) is 0 Å². The van der Waals surface area contributed by atoms with Crippen molar-refractivity contribution in [1.29, 1.82) is 0 Å². The van der Waals surface area contributed by atoms with Crippen LogP contribution in [-0.2, 0) is 0 Å². The van der Waals surface area contributed by atoms with Crippen LogP contribution in [0.2, 0.25) is 0 Å². The van der Waals surface area contributed by atoms with E-state index in [-0.39, 0.29) is 11.4 Å². The molecule has 5 aromatic rings. The van der Waals surface area contributed by atoms with Gasteiger partial charge in [-0.25, -0.2) is 8.96 Å². The largest absolute Gasteiger partial charge is 0.268 e. The van der Waals surface area contributed by atoms with Gasteiger partial charge < -0.3 is 0 Å². The fourth-order valence-electron chi connectivity index (χ4n) is 3.32. The smallest absolute Gasteiger partial charge is 0.267 e. The van der Waals surface area contributed by atoms with Gasteiger partial charge in [-0.2, -0.15) is 0 Å². The number of halogens is 2. The minimum Gasteiger partial charge on any atom is -0.268 e. The Morgan fingerprint density at radius 2 is 1.64 bits per heavy atom. The molecular weight excluding hydrogens is 470 g/mol. The Balaban J connectivity index is 1.97. The summed E-state index contributed by atoms with van der Waals surface area (Å²) in [6, 6.07) is 21.1. The highest BCUT2D eigenvalue weighted by Crippen LogP contribution is 2.25. The van der Waals surface area contributed by atoms with Crippen molar-refractivity contribution in [2.24, 2.45) is 0 Å². The van der Waals surface area contributed by atoms with Crippen molar-refractivity contribution in [3.8, 4) is 17.1 Å². The molecule has 2 aromatic heterocycles. The summed E-state index contributed by atoms with van der Waals surface area (Å²) in [5, 5.41) is 9.19. The number of fused-ring (bicyclic) bond motifs is 3. The van der Waals surface area contributed by atoms with Gasteiger partial charge in [0.05, 0.1) is 16.6 Å². The predicted octanol–water partition coefficient (Wildman–Crippen LogP) is 4.44. The number of rotatable bonds is 2. The van der Waals surface area contributed by atoms with Crippen LogP contribution in [0.25, 0.3) is 33.8 Å². The third-order valence-electron chi connectivity index (χ3n) is 4.60. The second-order valence-electron chi connectivity index (χ2n) is 6.30. The average Bonchev–Trinajstić information content (AvgIpc) is 3.14. The van der Waals surface area contributed by atoms with Crippen LogP contribution < -0.4 is 5.56 Å². The summed E-state index contributed by atoms with van der Waals surface area (Å²) in [4.78, 5) is 13.3. The van der Waals surface area contributed by atoms with Gasteiger partial charge >= 0.3 is 0 Å². The van der Waals surface area contributed by atoms with Gasteiger partial charge in [-0.3, -0.25) is 9.20 Å². The molecule has 0 N–H and O–H groups in total. The van der Waals surface area contributed by atoms with Gasteiger partial charge in [-0.1, -0.05) is 18.2 Å². The zero-order chi connectivity index (χ0) is 19.3. The molecule has 136 valence electrons. The molecule has 0 saturated heterocycles. The third kappa shape index (κ3) is 2.62. The molecule has 3 aromatic carbocycles. The quantitative estimate of drug-likeness (QED) is 0.350. The summed E-state index contributed by atoms with van der Waals surface area (Å²) in [5.41, 5.74) is 1.96. The van der Waals surface area contributed by atoms with Crippen LogP contribution in [0.15, 0.2) is 77.6 Å². The second-order valence-corrected chi connectivity index (χ2v) is 7.55. The van der Waals surface area contributed by atoms with E-state index in [0.717, 1.165) is 3.57 Å². The molecule has 28 heavy (non-hydrogen) atoms. The van der Waals surface area contributed by atoms with Gasteiger partial charge in [-0.05, 0) is 77.2 Å². The molecule has 0 aliphatic heterocycles. The van der Waals surface area contributed by atoms with Crippen LogP contribution in [0, 0.1) is 9.39 Å². The molecule has 0 radical (unpaired) electrons. The molecule has 0 saturated carbocycles. The highest BCUT2D eigenvalue weighted by Gasteiger charge is 2.18. The minimum absolute atomic E-state index is 0.162. The average molecular weight is 482 g/mol. The lowest BCUT2D eigenvalue weighted by Gasteiger charge is -2.12. The Kier molecular flexibility index (Phi) is 3.97. The highest BCUT2D eigenvalue weighted by atomic mass is 127. The maximum atomic E-state index is 13.4. The maximum Gasteiger partial charge on any atom is 0.267 e.